The number of halogens is 3. The first-order valence-electron chi connectivity index (χ1n) is 9.28. The number of hydrogen-bond donors (Lipinski definition) is 1. The molecule has 0 spiro atoms. The highest BCUT2D eigenvalue weighted by Gasteiger charge is 2.30. The van der Waals surface area contributed by atoms with Crippen molar-refractivity contribution in [3.8, 4) is 11.8 Å². The van der Waals surface area contributed by atoms with Crippen LogP contribution >= 0.6 is 11.3 Å². The van der Waals surface area contributed by atoms with Gasteiger partial charge in [-0.1, -0.05) is 31.3 Å². The number of nitrogens with zero attached hydrogens (tertiary/aromatic N) is 4. The summed E-state index contributed by atoms with van der Waals surface area (Å²) < 4.78 is 40.6. The fourth-order valence-electron chi connectivity index (χ4n) is 2.78. The quantitative estimate of drug-likeness (QED) is 0.423. The summed E-state index contributed by atoms with van der Waals surface area (Å²) in [4.78, 5) is 12.5. The largest absolute Gasteiger partial charge is 0.416 e. The summed E-state index contributed by atoms with van der Waals surface area (Å²) in [5, 5.41) is 20.9. The van der Waals surface area contributed by atoms with Crippen LogP contribution in [0.15, 0.2) is 48.2 Å². The van der Waals surface area contributed by atoms with E-state index >= 15 is 0 Å². The fraction of sp³-hybridized carbons (Fsp3) is 0.238. The lowest BCUT2D eigenvalue weighted by molar-refractivity contribution is -0.137. The molecule has 0 aliphatic heterocycles. The molecule has 0 atom stereocenters. The summed E-state index contributed by atoms with van der Waals surface area (Å²) >= 11 is 1.23. The van der Waals surface area contributed by atoms with E-state index in [-0.39, 0.29) is 16.4 Å². The lowest BCUT2D eigenvalue weighted by atomic mass is 10.1. The molecule has 2 aromatic heterocycles. The molecule has 0 unspecified atom stereocenters. The second-order valence-corrected chi connectivity index (χ2v) is 8.14. The van der Waals surface area contributed by atoms with Crippen LogP contribution in [0.1, 0.15) is 30.1 Å². The molecule has 160 valence electrons. The lowest BCUT2D eigenvalue weighted by Gasteiger charge is -2.11. The maximum atomic E-state index is 13.0. The van der Waals surface area contributed by atoms with E-state index in [1.54, 1.807) is 18.3 Å². The Hall–Kier alpha value is -3.45. The van der Waals surface area contributed by atoms with E-state index < -0.39 is 17.6 Å². The first-order chi connectivity index (χ1) is 14.7. The molecular formula is C21H18F3N5OS. The molecule has 1 amide bonds. The van der Waals surface area contributed by atoms with Gasteiger partial charge in [0, 0.05) is 24.0 Å². The second-order valence-electron chi connectivity index (χ2n) is 7.07. The van der Waals surface area contributed by atoms with Crippen LogP contribution in [0.25, 0.3) is 11.8 Å². The predicted octanol–water partition coefficient (Wildman–Crippen LogP) is 5.09. The molecule has 2 heterocycles. The van der Waals surface area contributed by atoms with Crippen LogP contribution in [-0.4, -0.2) is 20.7 Å². The minimum Gasteiger partial charge on any atom is -0.317 e. The van der Waals surface area contributed by atoms with E-state index in [1.807, 2.05) is 19.9 Å². The lowest BCUT2D eigenvalue weighted by Crippen LogP contribution is -2.13. The molecule has 0 aliphatic carbocycles. The van der Waals surface area contributed by atoms with Crippen LogP contribution in [0.5, 0.6) is 0 Å². The number of hydrogen-bond acceptors (Lipinski definition) is 5. The summed E-state index contributed by atoms with van der Waals surface area (Å²) in [6, 6.07) is 9.82. The van der Waals surface area contributed by atoms with E-state index in [2.05, 4.69) is 15.5 Å². The molecule has 0 aliphatic rings. The Labute approximate surface area is 180 Å². The van der Waals surface area contributed by atoms with Gasteiger partial charge >= 0.3 is 6.18 Å². The van der Waals surface area contributed by atoms with Gasteiger partial charge < -0.3 is 4.57 Å². The molecule has 10 heteroatoms. The number of alkyl halides is 3. The highest BCUT2D eigenvalue weighted by atomic mass is 32.1. The van der Waals surface area contributed by atoms with Crippen LogP contribution in [0.4, 0.5) is 18.3 Å². The van der Waals surface area contributed by atoms with Crippen molar-refractivity contribution >= 4 is 28.5 Å². The van der Waals surface area contributed by atoms with Crippen molar-refractivity contribution in [2.75, 3.05) is 5.32 Å². The highest BCUT2D eigenvalue weighted by molar-refractivity contribution is 7.15. The van der Waals surface area contributed by atoms with Crippen molar-refractivity contribution in [2.24, 2.45) is 5.92 Å². The number of carbonyl (C=O) groups excluding carboxylic acids is 1. The van der Waals surface area contributed by atoms with Crippen molar-refractivity contribution in [1.82, 2.24) is 14.8 Å². The third-order valence-corrected chi connectivity index (χ3v) is 5.02. The summed E-state index contributed by atoms with van der Waals surface area (Å²) in [6.45, 7) is 4.07. The van der Waals surface area contributed by atoms with Crippen LogP contribution in [-0.2, 0) is 17.4 Å². The van der Waals surface area contributed by atoms with Crippen molar-refractivity contribution in [1.29, 1.82) is 5.26 Å². The molecule has 0 fully saturated rings. The Balaban J connectivity index is 1.84. The van der Waals surface area contributed by atoms with Gasteiger partial charge in [-0.2, -0.15) is 18.4 Å². The Morgan fingerprint density at radius 3 is 2.74 bits per heavy atom. The van der Waals surface area contributed by atoms with Gasteiger partial charge in [0.15, 0.2) is 0 Å². The summed E-state index contributed by atoms with van der Waals surface area (Å²) in [6.07, 6.45) is -0.894. The number of carbonyl (C=O) groups is 1. The fourth-order valence-corrected chi connectivity index (χ4v) is 3.72. The van der Waals surface area contributed by atoms with Crippen molar-refractivity contribution in [3.63, 3.8) is 0 Å². The van der Waals surface area contributed by atoms with Crippen molar-refractivity contribution in [3.05, 3.63) is 64.4 Å². The topological polar surface area (TPSA) is 83.6 Å². The SMILES string of the molecule is CC(C)Cc1nnc(NC(=O)/C(C#N)=C\c2cccn2-c2cccc(C(F)(F)F)c2)s1. The normalized spacial score (nSPS) is 12.1. The molecule has 1 aromatic carbocycles. The van der Waals surface area contributed by atoms with Gasteiger partial charge in [0.05, 0.1) is 5.56 Å². The van der Waals surface area contributed by atoms with E-state index in [4.69, 9.17) is 0 Å². The van der Waals surface area contributed by atoms with E-state index in [9.17, 15) is 23.2 Å². The molecule has 1 N–H and O–H groups in total. The zero-order valence-electron chi connectivity index (χ0n) is 16.6. The Kier molecular flexibility index (Phi) is 6.56. The standard InChI is InChI=1S/C21H18F3N5OS/c1-13(2)9-18-27-28-20(31-18)26-19(30)14(12-25)10-16-7-4-8-29(16)17-6-3-5-15(11-17)21(22,23)24/h3-8,10-11,13H,9H2,1-2H3,(H,26,28,30)/b14-10-. The smallest absolute Gasteiger partial charge is 0.317 e. The number of rotatable bonds is 6. The number of anilines is 1. The summed E-state index contributed by atoms with van der Waals surface area (Å²) in [5.74, 6) is -0.291. The predicted molar refractivity (Wildman–Crippen MR) is 111 cm³/mol. The molecule has 3 aromatic rings. The molecule has 31 heavy (non-hydrogen) atoms. The monoisotopic (exact) mass is 445 g/mol. The van der Waals surface area contributed by atoms with E-state index in [0.717, 1.165) is 23.6 Å². The van der Waals surface area contributed by atoms with Gasteiger partial charge in [0.1, 0.15) is 16.6 Å². The van der Waals surface area contributed by atoms with E-state index in [0.29, 0.717) is 11.6 Å². The molecule has 0 radical (unpaired) electrons. The maximum Gasteiger partial charge on any atom is 0.416 e. The van der Waals surface area contributed by atoms with Gasteiger partial charge in [0.2, 0.25) is 5.13 Å². The molecule has 0 saturated heterocycles. The Morgan fingerprint density at radius 1 is 1.29 bits per heavy atom. The van der Waals surface area contributed by atoms with Gasteiger partial charge in [0.25, 0.3) is 5.91 Å². The van der Waals surface area contributed by atoms with Crippen LogP contribution < -0.4 is 5.32 Å². The first kappa shape index (κ1) is 22.2. The van der Waals surface area contributed by atoms with Gasteiger partial charge in [-0.3, -0.25) is 10.1 Å². The summed E-state index contributed by atoms with van der Waals surface area (Å²) in [5.41, 5.74) is -0.372. The number of amides is 1. The third-order valence-electron chi connectivity index (χ3n) is 4.16. The summed E-state index contributed by atoms with van der Waals surface area (Å²) in [7, 11) is 0. The Bertz CT molecular complexity index is 1150. The average molecular weight is 445 g/mol. The minimum atomic E-state index is -4.48. The molecular weight excluding hydrogens is 427 g/mol. The molecule has 6 nitrogen and oxygen atoms in total. The third kappa shape index (κ3) is 5.58. The molecule has 0 saturated carbocycles. The van der Waals surface area contributed by atoms with Crippen molar-refractivity contribution < 1.29 is 18.0 Å². The first-order valence-corrected chi connectivity index (χ1v) is 10.1. The zero-order valence-corrected chi connectivity index (χ0v) is 17.5. The van der Waals surface area contributed by atoms with Crippen LogP contribution in [0.3, 0.4) is 0 Å². The number of nitrogens with one attached hydrogen (secondary N) is 1. The second kappa shape index (κ2) is 9.14. The van der Waals surface area contributed by atoms with Gasteiger partial charge in [-0.05, 0) is 42.3 Å². The number of benzene rings is 1. The minimum absolute atomic E-state index is 0.215. The maximum absolute atomic E-state index is 13.0. The van der Waals surface area contributed by atoms with Crippen molar-refractivity contribution in [2.45, 2.75) is 26.4 Å². The van der Waals surface area contributed by atoms with Gasteiger partial charge in [-0.15, -0.1) is 10.2 Å². The van der Waals surface area contributed by atoms with Crippen LogP contribution in [0.2, 0.25) is 0 Å². The van der Waals surface area contributed by atoms with Crippen LogP contribution in [0, 0.1) is 17.2 Å². The van der Waals surface area contributed by atoms with E-state index in [1.165, 1.54) is 34.1 Å². The zero-order chi connectivity index (χ0) is 22.6. The Morgan fingerprint density at radius 2 is 2.06 bits per heavy atom. The molecule has 3 rings (SSSR count). The van der Waals surface area contributed by atoms with Gasteiger partial charge in [-0.25, -0.2) is 0 Å². The number of nitriles is 1. The molecule has 0 bridgehead atoms. The highest BCUT2D eigenvalue weighted by Crippen LogP contribution is 2.31. The average Bonchev–Trinajstić information content (AvgIpc) is 3.34. The number of aromatic nitrogens is 3.